The number of methoxy groups -OCH3 is 1. The number of hydrogen-bond donors (Lipinski definition) is 4. The van der Waals surface area contributed by atoms with Gasteiger partial charge in [-0.05, 0) is 26.0 Å². The number of hydrogen-bond acceptors (Lipinski definition) is 6. The van der Waals surface area contributed by atoms with Crippen molar-refractivity contribution in [1.82, 2.24) is 0 Å². The summed E-state index contributed by atoms with van der Waals surface area (Å²) in [6, 6.07) is 4.92. The topological polar surface area (TPSA) is 147 Å². The lowest BCUT2D eigenvalue weighted by Gasteiger charge is -2.15. The Bertz CT molecular complexity index is 565. The fourth-order valence-electron chi connectivity index (χ4n) is 2.04. The van der Waals surface area contributed by atoms with Gasteiger partial charge in [-0.25, -0.2) is 4.79 Å². The van der Waals surface area contributed by atoms with Crippen LogP contribution in [-0.2, 0) is 9.30 Å². The third-order valence-corrected chi connectivity index (χ3v) is 3.35. The second-order valence-corrected chi connectivity index (χ2v) is 6.13. The van der Waals surface area contributed by atoms with Gasteiger partial charge in [-0.15, -0.1) is 0 Å². The molecule has 0 saturated carbocycles. The molecular formula is C15H27N2O7P. The zero-order chi connectivity index (χ0) is 19.5. The second-order valence-electron chi connectivity index (χ2n) is 5.15. The van der Waals surface area contributed by atoms with E-state index in [-0.39, 0.29) is 5.97 Å². The van der Waals surface area contributed by atoms with E-state index in [1.165, 1.54) is 12.0 Å². The highest BCUT2D eigenvalue weighted by Crippen LogP contribution is 2.22. The molecule has 0 spiro atoms. The summed E-state index contributed by atoms with van der Waals surface area (Å²) in [5.74, 6) is 0.0840. The largest absolute Gasteiger partial charge is 0.756 e. The minimum Gasteiger partial charge on any atom is -0.756 e. The number of carbonyl (C=O) groups is 1. The van der Waals surface area contributed by atoms with Gasteiger partial charge in [0, 0.05) is 18.2 Å². The highest BCUT2D eigenvalue weighted by Gasteiger charge is 2.14. The Hall–Kier alpha value is -1.64. The van der Waals surface area contributed by atoms with E-state index in [9.17, 15) is 4.79 Å². The first-order valence-electron chi connectivity index (χ1n) is 7.83. The van der Waals surface area contributed by atoms with Crippen molar-refractivity contribution >= 4 is 19.5 Å². The Kier molecular flexibility index (Phi) is 11.1. The number of anilines is 1. The summed E-state index contributed by atoms with van der Waals surface area (Å²) in [6.45, 7) is 7.94. The highest BCUT2D eigenvalue weighted by molar-refractivity contribution is 7.43. The Labute approximate surface area is 147 Å². The smallest absolute Gasteiger partial charge is 0.341 e. The van der Waals surface area contributed by atoms with Crippen LogP contribution in [0.2, 0.25) is 0 Å². The SMILES string of the molecule is CC[NH+](CC)CCCOC(=O)c1ccc(N)cc1OC.O=P([O-])(O)O. The number of rotatable bonds is 8. The molecule has 5 N–H and O–H groups in total. The van der Waals surface area contributed by atoms with Gasteiger partial charge in [-0.2, -0.15) is 0 Å². The molecule has 0 unspecified atom stereocenters. The number of nitrogens with one attached hydrogen (secondary N) is 1. The van der Waals surface area contributed by atoms with Gasteiger partial charge in [0.25, 0.3) is 7.82 Å². The number of ether oxygens (including phenoxy) is 2. The monoisotopic (exact) mass is 378 g/mol. The third-order valence-electron chi connectivity index (χ3n) is 3.35. The van der Waals surface area contributed by atoms with Crippen LogP contribution in [0.3, 0.4) is 0 Å². The first-order valence-corrected chi connectivity index (χ1v) is 9.36. The van der Waals surface area contributed by atoms with Gasteiger partial charge < -0.3 is 34.8 Å². The van der Waals surface area contributed by atoms with Crippen molar-refractivity contribution in [3.63, 3.8) is 0 Å². The summed E-state index contributed by atoms with van der Waals surface area (Å²) in [5, 5.41) is 0. The number of quaternary nitrogens is 1. The molecular weight excluding hydrogens is 351 g/mol. The van der Waals surface area contributed by atoms with E-state index < -0.39 is 7.82 Å². The molecule has 0 radical (unpaired) electrons. The van der Waals surface area contributed by atoms with E-state index in [0.717, 1.165) is 26.1 Å². The molecule has 0 heterocycles. The summed E-state index contributed by atoms with van der Waals surface area (Å²) in [4.78, 5) is 36.4. The quantitative estimate of drug-likeness (QED) is 0.199. The molecule has 0 aliphatic heterocycles. The average molecular weight is 378 g/mol. The molecule has 10 heteroatoms. The molecule has 9 nitrogen and oxygen atoms in total. The van der Waals surface area contributed by atoms with E-state index in [0.29, 0.717) is 23.6 Å². The zero-order valence-electron chi connectivity index (χ0n) is 14.7. The van der Waals surface area contributed by atoms with Crippen LogP contribution >= 0.6 is 7.82 Å². The molecule has 0 atom stereocenters. The molecule has 144 valence electrons. The summed E-state index contributed by atoms with van der Waals surface area (Å²) >= 11 is 0. The lowest BCUT2D eigenvalue weighted by molar-refractivity contribution is -0.896. The standard InChI is InChI=1S/C15H24N2O3.H3O4P/c1-4-17(5-2)9-6-10-20-15(18)13-8-7-12(16)11-14(13)19-3;1-5(2,3)4/h7-8,11H,4-6,9-10,16H2,1-3H3;(H3,1,2,3,4). The predicted molar refractivity (Wildman–Crippen MR) is 91.3 cm³/mol. The number of nitrogens with two attached hydrogens (primary N) is 1. The maximum Gasteiger partial charge on any atom is 0.341 e. The van der Waals surface area contributed by atoms with Crippen LogP contribution in [0.15, 0.2) is 18.2 Å². The molecule has 1 aromatic rings. The number of carbonyl (C=O) groups excluding carboxylic acids is 1. The fraction of sp³-hybridized carbons (Fsp3) is 0.533. The summed E-state index contributed by atoms with van der Waals surface area (Å²) in [5.41, 5.74) is 6.63. The number of esters is 1. The zero-order valence-corrected chi connectivity index (χ0v) is 15.6. The Morgan fingerprint density at radius 1 is 1.32 bits per heavy atom. The Balaban J connectivity index is 0.00000101. The molecule has 0 saturated heterocycles. The lowest BCUT2D eigenvalue weighted by atomic mass is 10.2. The summed E-state index contributed by atoms with van der Waals surface area (Å²) < 4.78 is 19.2. The molecule has 1 aromatic carbocycles. The average Bonchev–Trinajstić information content (AvgIpc) is 2.53. The van der Waals surface area contributed by atoms with Gasteiger partial charge >= 0.3 is 5.97 Å². The first kappa shape index (κ1) is 23.4. The van der Waals surface area contributed by atoms with Crippen LogP contribution in [0.25, 0.3) is 0 Å². The van der Waals surface area contributed by atoms with Gasteiger partial charge in [0.05, 0.1) is 33.4 Å². The van der Waals surface area contributed by atoms with E-state index in [2.05, 4.69) is 13.8 Å². The summed E-state index contributed by atoms with van der Waals surface area (Å²) in [7, 11) is -3.38. The Morgan fingerprint density at radius 3 is 2.36 bits per heavy atom. The van der Waals surface area contributed by atoms with Crippen LogP contribution in [0.1, 0.15) is 30.6 Å². The normalized spacial score (nSPS) is 10.8. The van der Waals surface area contributed by atoms with Crippen molar-refractivity contribution in [2.75, 3.05) is 39.1 Å². The van der Waals surface area contributed by atoms with Crippen molar-refractivity contribution in [2.45, 2.75) is 20.3 Å². The van der Waals surface area contributed by atoms with Gasteiger partial charge in [-0.1, -0.05) is 0 Å². The molecule has 1 rings (SSSR count). The second kappa shape index (κ2) is 11.8. The van der Waals surface area contributed by atoms with Crippen molar-refractivity contribution in [2.24, 2.45) is 0 Å². The van der Waals surface area contributed by atoms with Crippen LogP contribution in [-0.4, -0.2) is 49.1 Å². The van der Waals surface area contributed by atoms with Crippen LogP contribution in [0, 0.1) is 0 Å². The van der Waals surface area contributed by atoms with Gasteiger partial charge in [0.1, 0.15) is 11.3 Å². The van der Waals surface area contributed by atoms with Gasteiger partial charge in [0.2, 0.25) is 0 Å². The van der Waals surface area contributed by atoms with Crippen LogP contribution < -0.4 is 20.3 Å². The van der Waals surface area contributed by atoms with E-state index in [4.69, 9.17) is 34.5 Å². The van der Waals surface area contributed by atoms with Crippen LogP contribution in [0.4, 0.5) is 5.69 Å². The van der Waals surface area contributed by atoms with Gasteiger partial charge in [-0.3, -0.25) is 4.57 Å². The Morgan fingerprint density at radius 2 is 1.88 bits per heavy atom. The number of phosphoric acid groups is 1. The first-order chi connectivity index (χ1) is 11.6. The molecule has 0 aliphatic carbocycles. The maximum atomic E-state index is 12.0. The highest BCUT2D eigenvalue weighted by atomic mass is 31.2. The summed E-state index contributed by atoms with van der Waals surface area (Å²) in [6.07, 6.45) is 0.861. The van der Waals surface area contributed by atoms with E-state index in [1.807, 2.05) is 0 Å². The van der Waals surface area contributed by atoms with E-state index >= 15 is 0 Å². The molecule has 25 heavy (non-hydrogen) atoms. The minimum absolute atomic E-state index is 0.364. The maximum absolute atomic E-state index is 12.0. The minimum atomic E-state index is -4.89. The molecule has 0 aromatic heterocycles. The predicted octanol–water partition coefficient (Wildman–Crippen LogP) is -0.812. The molecule has 0 bridgehead atoms. The van der Waals surface area contributed by atoms with E-state index in [1.54, 1.807) is 18.2 Å². The lowest BCUT2D eigenvalue weighted by Crippen LogP contribution is -3.11. The molecule has 0 aliphatic rings. The van der Waals surface area contributed by atoms with Crippen molar-refractivity contribution in [3.05, 3.63) is 23.8 Å². The van der Waals surface area contributed by atoms with Crippen LogP contribution in [0.5, 0.6) is 5.75 Å². The van der Waals surface area contributed by atoms with Crippen molar-refractivity contribution < 1.29 is 38.4 Å². The number of benzene rings is 1. The van der Waals surface area contributed by atoms with Crippen molar-refractivity contribution in [1.29, 1.82) is 0 Å². The molecule has 0 fully saturated rings. The van der Waals surface area contributed by atoms with Crippen molar-refractivity contribution in [3.8, 4) is 5.75 Å². The third kappa shape index (κ3) is 11.5. The fourth-order valence-corrected chi connectivity index (χ4v) is 2.04. The van der Waals surface area contributed by atoms with Gasteiger partial charge in [0.15, 0.2) is 0 Å². The number of nitrogen functional groups attached to an aromatic ring is 1. The molecule has 0 amide bonds.